The number of alkyl halides is 9. The van der Waals surface area contributed by atoms with Crippen LogP contribution in [0.1, 0.15) is 18.3 Å². The Labute approximate surface area is 169 Å². The van der Waals surface area contributed by atoms with Gasteiger partial charge in [-0.2, -0.15) is 61.0 Å². The Bertz CT molecular complexity index is 978. The zero-order valence-electron chi connectivity index (χ0n) is 15.9. The Kier molecular flexibility index (Phi) is 8.25. The smallest absolute Gasteiger partial charge is 0.262 e. The number of amides is 1. The number of sulfonamides is 2. The molecule has 1 aromatic heterocycles. The number of aryl methyl sites for hydroxylation is 2. The lowest BCUT2D eigenvalue weighted by atomic mass is 10.4. The van der Waals surface area contributed by atoms with Gasteiger partial charge in [0.2, 0.25) is 5.69 Å². The van der Waals surface area contributed by atoms with Crippen LogP contribution in [0.2, 0.25) is 0 Å². The number of rotatable bonds is 3. The number of carbonyl (C=O) groups is 1. The molecule has 0 fully saturated rings. The Morgan fingerprint density at radius 3 is 1.45 bits per heavy atom. The molecule has 0 unspecified atom stereocenters. The average Bonchev–Trinajstić information content (AvgIpc) is 2.76. The van der Waals surface area contributed by atoms with Crippen LogP contribution in [0.3, 0.4) is 0 Å². The predicted octanol–water partition coefficient (Wildman–Crippen LogP) is 2.03. The standard InChI is InChI=1S/C8H15N2.C4F9NO5S2/c1-5-10-8(3)6-7(2)9(10)4;5-2(6,7)1(15)14(20(16,17)3(8,9)10)21(18,19)4(11,12)13/h6H,5H2,1-4H3;/q+1;. The Morgan fingerprint density at radius 2 is 1.29 bits per heavy atom. The molecule has 182 valence electrons. The molecule has 0 spiro atoms. The molecule has 1 amide bonds. The van der Waals surface area contributed by atoms with Gasteiger partial charge in [-0.25, -0.2) is 0 Å². The van der Waals surface area contributed by atoms with Crippen molar-refractivity contribution in [1.29, 1.82) is 0 Å². The van der Waals surface area contributed by atoms with Crippen molar-refractivity contribution in [2.45, 2.75) is 44.5 Å². The van der Waals surface area contributed by atoms with E-state index >= 15 is 0 Å². The monoisotopic (exact) mass is 516 g/mol. The van der Waals surface area contributed by atoms with Gasteiger partial charge in [-0.3, -0.25) is 4.79 Å². The first-order valence-corrected chi connectivity index (χ1v) is 10.4. The van der Waals surface area contributed by atoms with Gasteiger partial charge in [0.15, 0.2) is 7.05 Å². The lowest BCUT2D eigenvalue weighted by molar-refractivity contribution is -0.758. The molecule has 1 rings (SSSR count). The average molecular weight is 516 g/mol. The number of hydrogen-bond donors (Lipinski definition) is 0. The molecule has 0 saturated carbocycles. The van der Waals surface area contributed by atoms with Crippen LogP contribution < -0.4 is 4.68 Å². The Balaban J connectivity index is 0.000000743. The van der Waals surface area contributed by atoms with E-state index in [0.29, 0.717) is 0 Å². The van der Waals surface area contributed by atoms with Gasteiger partial charge >= 0.3 is 43.1 Å². The molecule has 0 bridgehead atoms. The van der Waals surface area contributed by atoms with Crippen LogP contribution in [0.25, 0.3) is 0 Å². The van der Waals surface area contributed by atoms with E-state index in [1.165, 1.54) is 11.4 Å². The normalized spacial score (nSPS) is 13.5. The molecule has 8 nitrogen and oxygen atoms in total. The fourth-order valence-electron chi connectivity index (χ4n) is 2.00. The van der Waals surface area contributed by atoms with E-state index in [2.05, 4.69) is 43.2 Å². The van der Waals surface area contributed by atoms with Gasteiger partial charge in [0.25, 0.3) is 0 Å². The minimum absolute atomic E-state index is 1.05. The van der Waals surface area contributed by atoms with Crippen molar-refractivity contribution in [2.24, 2.45) is 7.05 Å². The van der Waals surface area contributed by atoms with Gasteiger partial charge in [-0.15, -0.1) is 8.39 Å². The van der Waals surface area contributed by atoms with Crippen LogP contribution in [0, 0.1) is 13.8 Å². The largest absolute Gasteiger partial charge is 0.517 e. The van der Waals surface area contributed by atoms with Crippen LogP contribution >= 0.6 is 0 Å². The fourth-order valence-corrected chi connectivity index (χ4v) is 4.56. The number of nitrogens with zero attached hydrogens (tertiary/aromatic N) is 3. The van der Waals surface area contributed by atoms with E-state index in [-0.39, 0.29) is 0 Å². The van der Waals surface area contributed by atoms with Crippen molar-refractivity contribution in [3.05, 3.63) is 17.5 Å². The summed E-state index contributed by atoms with van der Waals surface area (Å²) in [7, 11) is -13.5. The van der Waals surface area contributed by atoms with Gasteiger partial charge in [0.05, 0.1) is 12.2 Å². The number of hydrogen-bond acceptors (Lipinski definition) is 5. The Morgan fingerprint density at radius 1 is 0.935 bits per heavy atom. The van der Waals surface area contributed by atoms with E-state index < -0.39 is 46.9 Å². The second-order valence-corrected chi connectivity index (χ2v) is 9.36. The summed E-state index contributed by atoms with van der Waals surface area (Å²) in [6, 6.07) is 2.20. The molecular formula is C12H15F9N3O5S2+. The highest BCUT2D eigenvalue weighted by molar-refractivity contribution is 8.05. The minimum Gasteiger partial charge on any atom is -0.262 e. The van der Waals surface area contributed by atoms with Gasteiger partial charge in [0, 0.05) is 13.0 Å². The van der Waals surface area contributed by atoms with Crippen molar-refractivity contribution in [1.82, 2.24) is 8.39 Å². The van der Waals surface area contributed by atoms with E-state index in [0.717, 1.165) is 6.54 Å². The van der Waals surface area contributed by atoms with E-state index in [9.17, 15) is 61.1 Å². The van der Waals surface area contributed by atoms with Crippen LogP contribution in [0.5, 0.6) is 0 Å². The van der Waals surface area contributed by atoms with Gasteiger partial charge in [-0.1, -0.05) is 0 Å². The maximum absolute atomic E-state index is 12.0. The highest BCUT2D eigenvalue weighted by atomic mass is 32.3. The summed E-state index contributed by atoms with van der Waals surface area (Å²) in [6.07, 6.45) is -6.64. The van der Waals surface area contributed by atoms with Gasteiger partial charge < -0.3 is 0 Å². The van der Waals surface area contributed by atoms with Crippen LogP contribution in [0.4, 0.5) is 39.5 Å². The predicted molar refractivity (Wildman–Crippen MR) is 83.6 cm³/mol. The maximum atomic E-state index is 12.0. The molecule has 0 radical (unpaired) electrons. The second-order valence-electron chi connectivity index (χ2n) is 5.57. The topological polar surface area (TPSA) is 97.4 Å². The highest BCUT2D eigenvalue weighted by Crippen LogP contribution is 2.37. The molecule has 1 heterocycles. The first kappa shape index (κ1) is 28.9. The minimum atomic E-state index is -7.81. The zero-order valence-corrected chi connectivity index (χ0v) is 17.5. The SMILES string of the molecule is CCn1c(C)cc(C)[n+]1C.O=C(N(S(=O)(=O)C(F)(F)F)S(=O)(=O)C(F)(F)F)C(F)(F)F. The maximum Gasteiger partial charge on any atom is 0.517 e. The molecule has 0 aliphatic rings. The van der Waals surface area contributed by atoms with E-state index in [1.807, 2.05) is 0 Å². The first-order chi connectivity index (χ1) is 13.4. The third kappa shape index (κ3) is 6.01. The molecule has 0 saturated heterocycles. The van der Waals surface area contributed by atoms with E-state index in [1.54, 1.807) is 0 Å². The van der Waals surface area contributed by atoms with Crippen molar-refractivity contribution >= 4 is 26.0 Å². The summed E-state index contributed by atoms with van der Waals surface area (Å²) in [5.74, 6) is -4.39. The lowest BCUT2D eigenvalue weighted by Crippen LogP contribution is -2.55. The van der Waals surface area contributed by atoms with Gasteiger partial charge in [-0.05, 0) is 13.8 Å². The molecule has 0 aromatic carbocycles. The fraction of sp³-hybridized carbons (Fsp3) is 0.667. The summed E-state index contributed by atoms with van der Waals surface area (Å²) in [6.45, 7) is 7.47. The molecule has 19 heteroatoms. The molecule has 0 N–H and O–H groups in total. The first-order valence-electron chi connectivity index (χ1n) is 7.51. The highest BCUT2D eigenvalue weighted by Gasteiger charge is 2.67. The summed E-state index contributed by atoms with van der Waals surface area (Å²) >= 11 is 0. The second kappa shape index (κ2) is 8.83. The summed E-state index contributed by atoms with van der Waals surface area (Å²) in [5, 5.41) is 0. The van der Waals surface area contributed by atoms with Crippen LogP contribution in [0.15, 0.2) is 6.07 Å². The third-order valence-corrected chi connectivity index (χ3v) is 6.98. The molecular weight excluding hydrogens is 501 g/mol. The van der Waals surface area contributed by atoms with Crippen molar-refractivity contribution in [3.8, 4) is 0 Å². The summed E-state index contributed by atoms with van der Waals surface area (Å²) in [5.41, 5.74) is -11.2. The summed E-state index contributed by atoms with van der Waals surface area (Å²) < 4.78 is 151. The number of halogens is 9. The van der Waals surface area contributed by atoms with Crippen LogP contribution in [-0.2, 0) is 38.4 Å². The molecule has 0 atom stereocenters. The van der Waals surface area contributed by atoms with Crippen molar-refractivity contribution in [3.63, 3.8) is 0 Å². The molecule has 0 aliphatic carbocycles. The van der Waals surface area contributed by atoms with Gasteiger partial charge in [0.1, 0.15) is 0 Å². The van der Waals surface area contributed by atoms with Crippen molar-refractivity contribution in [2.75, 3.05) is 0 Å². The number of carbonyl (C=O) groups excluding carboxylic acids is 1. The quantitative estimate of drug-likeness (QED) is 0.453. The molecule has 0 aliphatic heterocycles. The Hall–Kier alpha value is -2.05. The lowest BCUT2D eigenvalue weighted by Gasteiger charge is -2.24. The van der Waals surface area contributed by atoms with Crippen molar-refractivity contribution < 1.29 is 65.8 Å². The third-order valence-electron chi connectivity index (χ3n) is 3.43. The zero-order chi connectivity index (χ0) is 25.4. The summed E-state index contributed by atoms with van der Waals surface area (Å²) in [4.78, 5) is 10.4. The molecule has 1 aromatic rings. The molecule has 31 heavy (non-hydrogen) atoms. The number of aromatic nitrogens is 2. The van der Waals surface area contributed by atoms with Crippen LogP contribution in [-0.4, -0.2) is 48.3 Å². The van der Waals surface area contributed by atoms with E-state index in [4.69, 9.17) is 0 Å².